The van der Waals surface area contributed by atoms with Gasteiger partial charge in [0.1, 0.15) is 5.82 Å². The van der Waals surface area contributed by atoms with Crippen LogP contribution in [0.2, 0.25) is 0 Å². The normalized spacial score (nSPS) is 16.8. The molecule has 1 aliphatic rings. The molecule has 2 aromatic rings. The lowest BCUT2D eigenvalue weighted by Gasteiger charge is -2.35. The zero-order valence-corrected chi connectivity index (χ0v) is 13.0. The highest BCUT2D eigenvalue weighted by atomic mass is 19.3. The first kappa shape index (κ1) is 16.2. The lowest BCUT2D eigenvalue weighted by molar-refractivity contribution is -0.116. The van der Waals surface area contributed by atoms with Crippen LogP contribution in [0.1, 0.15) is 12.0 Å². The summed E-state index contributed by atoms with van der Waals surface area (Å²) in [5.74, 6) is 0.844. The van der Waals surface area contributed by atoms with Gasteiger partial charge in [-0.2, -0.15) is 5.10 Å². The smallest absolute Gasteiger partial charge is 0.263 e. The Kier molecular flexibility index (Phi) is 4.59. The SMILES string of the molecule is C=CC(=O)NCC1CN(c2ccc(C(F)F)cc2)c2ccnn2C1. The van der Waals surface area contributed by atoms with Crippen molar-refractivity contribution in [3.05, 3.63) is 54.7 Å². The molecule has 0 saturated carbocycles. The van der Waals surface area contributed by atoms with Gasteiger partial charge in [-0.3, -0.25) is 4.79 Å². The molecule has 2 heterocycles. The monoisotopic (exact) mass is 332 g/mol. The largest absolute Gasteiger partial charge is 0.352 e. The van der Waals surface area contributed by atoms with Crippen LogP contribution in [0.15, 0.2) is 49.2 Å². The number of rotatable bonds is 5. The van der Waals surface area contributed by atoms with Gasteiger partial charge in [-0.15, -0.1) is 0 Å². The van der Waals surface area contributed by atoms with Crippen LogP contribution in [0.5, 0.6) is 0 Å². The van der Waals surface area contributed by atoms with Crippen molar-refractivity contribution in [3.8, 4) is 0 Å². The summed E-state index contributed by atoms with van der Waals surface area (Å²) in [5.41, 5.74) is 0.819. The molecule has 24 heavy (non-hydrogen) atoms. The highest BCUT2D eigenvalue weighted by Gasteiger charge is 2.26. The summed E-state index contributed by atoms with van der Waals surface area (Å²) >= 11 is 0. The molecule has 1 aromatic heterocycles. The summed E-state index contributed by atoms with van der Waals surface area (Å²) in [6.07, 6.45) is 0.469. The van der Waals surface area contributed by atoms with Gasteiger partial charge >= 0.3 is 0 Å². The fraction of sp³-hybridized carbons (Fsp3) is 0.294. The van der Waals surface area contributed by atoms with Gasteiger partial charge in [0.05, 0.1) is 6.20 Å². The van der Waals surface area contributed by atoms with Gasteiger partial charge in [-0.25, -0.2) is 13.5 Å². The van der Waals surface area contributed by atoms with Crippen molar-refractivity contribution in [3.63, 3.8) is 0 Å². The molecule has 3 rings (SSSR count). The maximum Gasteiger partial charge on any atom is 0.263 e. The van der Waals surface area contributed by atoms with Gasteiger partial charge in [-0.1, -0.05) is 18.7 Å². The Morgan fingerprint density at radius 3 is 2.75 bits per heavy atom. The number of aromatic nitrogens is 2. The van der Waals surface area contributed by atoms with E-state index in [2.05, 4.69) is 17.0 Å². The molecule has 1 amide bonds. The number of hydrogen-bond acceptors (Lipinski definition) is 3. The van der Waals surface area contributed by atoms with Gasteiger partial charge in [0.2, 0.25) is 5.91 Å². The van der Waals surface area contributed by atoms with Gasteiger partial charge in [0.25, 0.3) is 6.43 Å². The van der Waals surface area contributed by atoms with E-state index in [0.29, 0.717) is 19.6 Å². The predicted molar refractivity (Wildman–Crippen MR) is 87.3 cm³/mol. The first-order valence-electron chi connectivity index (χ1n) is 7.66. The van der Waals surface area contributed by atoms with Crippen molar-refractivity contribution in [2.24, 2.45) is 5.92 Å². The highest BCUT2D eigenvalue weighted by molar-refractivity contribution is 5.86. The molecule has 0 fully saturated rings. The third kappa shape index (κ3) is 3.29. The molecule has 5 nitrogen and oxygen atoms in total. The Labute approximate surface area is 138 Å². The van der Waals surface area contributed by atoms with Gasteiger partial charge in [0.15, 0.2) is 0 Å². The Morgan fingerprint density at radius 1 is 1.33 bits per heavy atom. The minimum absolute atomic E-state index is 0.000867. The predicted octanol–water partition coefficient (Wildman–Crippen LogP) is 2.89. The maximum atomic E-state index is 12.7. The molecule has 1 N–H and O–H groups in total. The molecular weight excluding hydrogens is 314 g/mol. The van der Waals surface area contributed by atoms with Gasteiger partial charge in [0, 0.05) is 42.9 Å². The van der Waals surface area contributed by atoms with Crippen LogP contribution >= 0.6 is 0 Å². The Bertz CT molecular complexity index is 726. The minimum atomic E-state index is -2.48. The van der Waals surface area contributed by atoms with Crippen LogP contribution < -0.4 is 10.2 Å². The van der Waals surface area contributed by atoms with Crippen LogP contribution in [-0.4, -0.2) is 28.8 Å². The third-order valence-corrected chi connectivity index (χ3v) is 4.05. The van der Waals surface area contributed by atoms with Crippen LogP contribution in [-0.2, 0) is 11.3 Å². The zero-order chi connectivity index (χ0) is 17.1. The second kappa shape index (κ2) is 6.82. The number of hydrogen-bond donors (Lipinski definition) is 1. The van der Waals surface area contributed by atoms with Gasteiger partial charge in [-0.05, 0) is 18.2 Å². The van der Waals surface area contributed by atoms with Crippen molar-refractivity contribution in [2.45, 2.75) is 13.0 Å². The number of carbonyl (C=O) groups is 1. The van der Waals surface area contributed by atoms with E-state index in [-0.39, 0.29) is 17.4 Å². The zero-order valence-electron chi connectivity index (χ0n) is 13.0. The quantitative estimate of drug-likeness (QED) is 0.857. The third-order valence-electron chi connectivity index (χ3n) is 4.05. The fourth-order valence-electron chi connectivity index (χ4n) is 2.83. The second-order valence-corrected chi connectivity index (χ2v) is 5.69. The van der Waals surface area contributed by atoms with E-state index in [1.807, 2.05) is 15.6 Å². The molecular formula is C17H18F2N4O. The fourth-order valence-corrected chi connectivity index (χ4v) is 2.83. The molecule has 1 aromatic carbocycles. The van der Waals surface area contributed by atoms with E-state index < -0.39 is 6.43 Å². The van der Waals surface area contributed by atoms with Gasteiger partial charge < -0.3 is 10.2 Å². The molecule has 0 bridgehead atoms. The summed E-state index contributed by atoms with van der Waals surface area (Å²) in [5, 5.41) is 7.10. The summed E-state index contributed by atoms with van der Waals surface area (Å²) in [6.45, 7) is 5.28. The van der Waals surface area contributed by atoms with Crippen LogP contribution in [0.4, 0.5) is 20.3 Å². The van der Waals surface area contributed by atoms with E-state index in [9.17, 15) is 13.6 Å². The number of halogens is 2. The van der Waals surface area contributed by atoms with E-state index in [4.69, 9.17) is 0 Å². The molecule has 0 saturated heterocycles. The molecule has 126 valence electrons. The van der Waals surface area contributed by atoms with Crippen molar-refractivity contribution in [1.29, 1.82) is 0 Å². The average Bonchev–Trinajstić information content (AvgIpc) is 3.07. The number of nitrogens with zero attached hydrogens (tertiary/aromatic N) is 3. The summed E-state index contributed by atoms with van der Waals surface area (Å²) in [4.78, 5) is 13.4. The minimum Gasteiger partial charge on any atom is -0.352 e. The van der Waals surface area contributed by atoms with Crippen LogP contribution in [0.25, 0.3) is 0 Å². The van der Waals surface area contributed by atoms with Crippen molar-refractivity contribution < 1.29 is 13.6 Å². The topological polar surface area (TPSA) is 50.2 Å². The summed E-state index contributed by atoms with van der Waals surface area (Å²) < 4.78 is 27.3. The molecule has 1 atom stereocenters. The lowest BCUT2D eigenvalue weighted by atomic mass is 10.1. The molecule has 0 spiro atoms. The van der Waals surface area contributed by atoms with E-state index in [1.54, 1.807) is 18.3 Å². The number of fused-ring (bicyclic) bond motifs is 1. The first-order valence-corrected chi connectivity index (χ1v) is 7.66. The highest BCUT2D eigenvalue weighted by Crippen LogP contribution is 2.31. The number of amides is 1. The maximum absolute atomic E-state index is 12.7. The molecule has 0 radical (unpaired) electrons. The molecule has 0 aliphatic carbocycles. The Balaban J connectivity index is 1.81. The number of alkyl halides is 2. The Hall–Kier alpha value is -2.70. The van der Waals surface area contributed by atoms with Crippen molar-refractivity contribution >= 4 is 17.4 Å². The number of benzene rings is 1. The van der Waals surface area contributed by atoms with Crippen molar-refractivity contribution in [2.75, 3.05) is 18.0 Å². The van der Waals surface area contributed by atoms with E-state index in [0.717, 1.165) is 11.5 Å². The van der Waals surface area contributed by atoms with E-state index in [1.165, 1.54) is 18.2 Å². The van der Waals surface area contributed by atoms with Crippen molar-refractivity contribution in [1.82, 2.24) is 15.1 Å². The first-order chi connectivity index (χ1) is 11.6. The van der Waals surface area contributed by atoms with Crippen LogP contribution in [0, 0.1) is 5.92 Å². The standard InChI is InChI=1S/C17H18F2N4O/c1-2-15(24)20-9-12-10-22(16-7-8-21-23(16)11-12)14-5-3-13(4-6-14)17(18)19/h2-8,12,17H,1,9-11H2,(H,20,24). The van der Waals surface area contributed by atoms with Crippen LogP contribution in [0.3, 0.4) is 0 Å². The Morgan fingerprint density at radius 2 is 2.08 bits per heavy atom. The molecule has 1 aliphatic heterocycles. The number of nitrogens with one attached hydrogen (secondary N) is 1. The van der Waals surface area contributed by atoms with E-state index >= 15 is 0 Å². The summed E-state index contributed by atoms with van der Waals surface area (Å²) in [6, 6.07) is 8.13. The molecule has 7 heteroatoms. The number of carbonyl (C=O) groups excluding carboxylic acids is 1. The lowest BCUT2D eigenvalue weighted by Crippen LogP contribution is -2.41. The summed E-state index contributed by atoms with van der Waals surface area (Å²) in [7, 11) is 0. The number of anilines is 2. The second-order valence-electron chi connectivity index (χ2n) is 5.69. The average molecular weight is 332 g/mol. The molecule has 1 unspecified atom stereocenters.